The van der Waals surface area contributed by atoms with Gasteiger partial charge in [0.25, 0.3) is 0 Å². The smallest absolute Gasteiger partial charge is 0.335 e. The summed E-state index contributed by atoms with van der Waals surface area (Å²) in [5.74, 6) is -4.12. The van der Waals surface area contributed by atoms with Gasteiger partial charge in [-0.25, -0.2) is 14.4 Å². The first kappa shape index (κ1) is 14.3. The predicted octanol–water partition coefficient (Wildman–Crippen LogP) is 0.779. The minimum atomic E-state index is -1.37. The maximum Gasteiger partial charge on any atom is 0.335 e. The second kappa shape index (κ2) is 5.37. The van der Waals surface area contributed by atoms with Crippen LogP contribution in [0.1, 0.15) is 31.1 Å². The number of rotatable bonds is 3. The second-order valence-electron chi connectivity index (χ2n) is 2.71. The normalized spacial score (nSPS) is 9.00. The number of carboxylic acids is 3. The molecule has 0 aliphatic heterocycles. The Morgan fingerprint density at radius 3 is 1.00 bits per heavy atom. The molecule has 0 heterocycles. The summed E-state index contributed by atoms with van der Waals surface area (Å²) in [6, 6.07) is 2.70. The Morgan fingerprint density at radius 2 is 0.875 bits per heavy atom. The zero-order valence-electron chi connectivity index (χ0n) is 7.65. The molecule has 0 fully saturated rings. The van der Waals surface area contributed by atoms with Crippen molar-refractivity contribution in [1.82, 2.24) is 0 Å². The molecule has 0 bridgehead atoms. The van der Waals surface area contributed by atoms with Gasteiger partial charge in [0.1, 0.15) is 0 Å². The number of aromatic carboxylic acids is 3. The Hall–Kier alpha value is -1.75. The molecule has 0 radical (unpaired) electrons. The van der Waals surface area contributed by atoms with E-state index in [0.717, 1.165) is 18.2 Å². The molecule has 1 aromatic carbocycles. The van der Waals surface area contributed by atoms with E-state index >= 15 is 0 Å². The zero-order chi connectivity index (χ0) is 11.6. The second-order valence-corrected chi connectivity index (χ2v) is 2.71. The van der Waals surface area contributed by atoms with Gasteiger partial charge in [-0.3, -0.25) is 0 Å². The minimum Gasteiger partial charge on any atom is -0.478 e. The summed E-state index contributed by atoms with van der Waals surface area (Å²) in [5, 5.41) is 25.8. The molecule has 0 aliphatic carbocycles. The Kier molecular flexibility index (Phi) is 4.78. The number of hydrogen-bond donors (Lipinski definition) is 3. The molecule has 0 saturated heterocycles. The van der Waals surface area contributed by atoms with Gasteiger partial charge in [0, 0.05) is 19.5 Å². The van der Waals surface area contributed by atoms with Gasteiger partial charge in [-0.05, 0) is 18.2 Å². The molecule has 0 saturated carbocycles. The van der Waals surface area contributed by atoms with E-state index in [1.165, 1.54) is 0 Å². The third-order valence-corrected chi connectivity index (χ3v) is 1.67. The molecular formula is C9H6O6Ru. The van der Waals surface area contributed by atoms with E-state index in [1.54, 1.807) is 0 Å². The molecule has 1 rings (SSSR count). The fraction of sp³-hybridized carbons (Fsp3) is 0. The number of carbonyl (C=O) groups is 3. The van der Waals surface area contributed by atoms with E-state index in [1.807, 2.05) is 0 Å². The van der Waals surface area contributed by atoms with Gasteiger partial charge < -0.3 is 15.3 Å². The van der Waals surface area contributed by atoms with Crippen LogP contribution in [0.2, 0.25) is 0 Å². The molecule has 86 valence electrons. The molecule has 0 amide bonds. The SMILES string of the molecule is O=C(O)c1cc(C(=O)O)cc(C(=O)O)c1.[Ru]. The van der Waals surface area contributed by atoms with E-state index in [-0.39, 0.29) is 36.2 Å². The van der Waals surface area contributed by atoms with Crippen LogP contribution in [0.25, 0.3) is 0 Å². The molecule has 16 heavy (non-hydrogen) atoms. The monoisotopic (exact) mass is 312 g/mol. The van der Waals surface area contributed by atoms with Gasteiger partial charge in [-0.2, -0.15) is 0 Å². The zero-order valence-corrected chi connectivity index (χ0v) is 9.39. The summed E-state index contributed by atoms with van der Waals surface area (Å²) in [6.45, 7) is 0. The van der Waals surface area contributed by atoms with Crippen molar-refractivity contribution in [3.8, 4) is 0 Å². The van der Waals surface area contributed by atoms with Crippen molar-refractivity contribution in [2.45, 2.75) is 0 Å². The summed E-state index contributed by atoms with van der Waals surface area (Å²) in [4.78, 5) is 31.7. The maximum atomic E-state index is 10.6. The van der Waals surface area contributed by atoms with Crippen LogP contribution in [0.4, 0.5) is 0 Å². The van der Waals surface area contributed by atoms with Crippen LogP contribution in [0.15, 0.2) is 18.2 Å². The van der Waals surface area contributed by atoms with Crippen molar-refractivity contribution in [3.05, 3.63) is 34.9 Å². The van der Waals surface area contributed by atoms with Crippen molar-refractivity contribution in [2.75, 3.05) is 0 Å². The van der Waals surface area contributed by atoms with Crippen LogP contribution in [-0.4, -0.2) is 33.2 Å². The van der Waals surface area contributed by atoms with E-state index < -0.39 is 17.9 Å². The first-order valence-corrected chi connectivity index (χ1v) is 3.77. The van der Waals surface area contributed by atoms with Crippen molar-refractivity contribution in [3.63, 3.8) is 0 Å². The third kappa shape index (κ3) is 3.13. The van der Waals surface area contributed by atoms with Crippen molar-refractivity contribution in [1.29, 1.82) is 0 Å². The molecule has 0 aromatic heterocycles. The topological polar surface area (TPSA) is 112 Å². The van der Waals surface area contributed by atoms with E-state index in [4.69, 9.17) is 15.3 Å². The Labute approximate surface area is 102 Å². The summed E-state index contributed by atoms with van der Waals surface area (Å²) in [6.07, 6.45) is 0. The molecule has 0 atom stereocenters. The fourth-order valence-electron chi connectivity index (χ4n) is 0.998. The molecule has 3 N–H and O–H groups in total. The molecule has 6 nitrogen and oxygen atoms in total. The van der Waals surface area contributed by atoms with Gasteiger partial charge in [0.05, 0.1) is 16.7 Å². The van der Waals surface area contributed by atoms with Gasteiger partial charge in [-0.1, -0.05) is 0 Å². The first-order valence-electron chi connectivity index (χ1n) is 3.77. The summed E-state index contributed by atoms with van der Waals surface area (Å²) in [5.41, 5.74) is -1.10. The summed E-state index contributed by atoms with van der Waals surface area (Å²) < 4.78 is 0. The van der Waals surface area contributed by atoms with Crippen molar-refractivity contribution in [2.24, 2.45) is 0 Å². The number of hydrogen-bond acceptors (Lipinski definition) is 3. The molecular weight excluding hydrogens is 305 g/mol. The number of carboxylic acid groups (broad SMARTS) is 3. The van der Waals surface area contributed by atoms with E-state index in [2.05, 4.69) is 0 Å². The van der Waals surface area contributed by atoms with Gasteiger partial charge in [0.15, 0.2) is 0 Å². The third-order valence-electron chi connectivity index (χ3n) is 1.67. The van der Waals surface area contributed by atoms with Gasteiger partial charge in [0.2, 0.25) is 0 Å². The summed E-state index contributed by atoms with van der Waals surface area (Å²) in [7, 11) is 0. The van der Waals surface area contributed by atoms with Crippen LogP contribution < -0.4 is 0 Å². The molecule has 7 heteroatoms. The van der Waals surface area contributed by atoms with Crippen LogP contribution in [0.5, 0.6) is 0 Å². The maximum absolute atomic E-state index is 10.6. The fourth-order valence-corrected chi connectivity index (χ4v) is 0.998. The quantitative estimate of drug-likeness (QED) is 0.711. The van der Waals surface area contributed by atoms with E-state index in [9.17, 15) is 14.4 Å². The first-order chi connectivity index (χ1) is 6.91. The number of benzene rings is 1. The van der Waals surface area contributed by atoms with Crippen molar-refractivity contribution >= 4 is 17.9 Å². The summed E-state index contributed by atoms with van der Waals surface area (Å²) >= 11 is 0. The Balaban J connectivity index is 0.00000225. The average Bonchev–Trinajstić information content (AvgIpc) is 2.16. The molecule has 0 aliphatic rings. The van der Waals surface area contributed by atoms with Crippen molar-refractivity contribution < 1.29 is 49.2 Å². The largest absolute Gasteiger partial charge is 0.478 e. The minimum absolute atomic E-state index is 0. The van der Waals surface area contributed by atoms with Gasteiger partial charge >= 0.3 is 17.9 Å². The van der Waals surface area contributed by atoms with Gasteiger partial charge in [-0.15, -0.1) is 0 Å². The average molecular weight is 311 g/mol. The Bertz CT molecular complexity index is 374. The standard InChI is InChI=1S/C9H6O6.Ru/c10-7(11)4-1-5(8(12)13)3-6(2-4)9(14)15;/h1-3H,(H,10,11)(H,12,13)(H,14,15);. The molecule has 0 spiro atoms. The predicted molar refractivity (Wildman–Crippen MR) is 47.3 cm³/mol. The van der Waals surface area contributed by atoms with Crippen LogP contribution in [-0.2, 0) is 19.5 Å². The molecule has 1 aromatic rings. The Morgan fingerprint density at radius 1 is 0.688 bits per heavy atom. The van der Waals surface area contributed by atoms with E-state index in [0.29, 0.717) is 0 Å². The van der Waals surface area contributed by atoms with Crippen LogP contribution in [0, 0.1) is 0 Å². The molecule has 0 unspecified atom stereocenters. The van der Waals surface area contributed by atoms with Crippen LogP contribution >= 0.6 is 0 Å². The van der Waals surface area contributed by atoms with Crippen LogP contribution in [0.3, 0.4) is 0 Å².